The summed E-state index contributed by atoms with van der Waals surface area (Å²) in [6.07, 6.45) is 1.74. The van der Waals surface area contributed by atoms with Crippen molar-refractivity contribution >= 4 is 42.4 Å². The Labute approximate surface area is 134 Å². The van der Waals surface area contributed by atoms with Crippen LogP contribution in [-0.2, 0) is 9.84 Å². The van der Waals surface area contributed by atoms with Crippen molar-refractivity contribution in [2.45, 2.75) is 25.5 Å². The first-order chi connectivity index (χ1) is 9.71. The number of halogens is 1. The minimum absolute atomic E-state index is 0.101. The maximum atomic E-state index is 12.1. The van der Waals surface area contributed by atoms with Crippen LogP contribution < -0.4 is 5.32 Å². The molecule has 0 aliphatic heterocycles. The number of hydrogen-bond donors (Lipinski definition) is 1. The molecule has 6 heteroatoms. The zero-order valence-corrected chi connectivity index (χ0v) is 14.8. The molecule has 0 saturated heterocycles. The molecule has 0 spiro atoms. The first-order valence-electron chi connectivity index (χ1n) is 6.71. The zero-order valence-electron chi connectivity index (χ0n) is 12.4. The van der Waals surface area contributed by atoms with Gasteiger partial charge >= 0.3 is 0 Å². The van der Waals surface area contributed by atoms with E-state index >= 15 is 0 Å². The van der Waals surface area contributed by atoms with Gasteiger partial charge in [0.1, 0.15) is 0 Å². The highest BCUT2D eigenvalue weighted by atomic mass is 79.9. The van der Waals surface area contributed by atoms with Crippen molar-refractivity contribution in [2.75, 3.05) is 17.6 Å². The molecule has 1 aromatic carbocycles. The van der Waals surface area contributed by atoms with Crippen LogP contribution in [0, 0.1) is 0 Å². The normalized spacial score (nSPS) is 12.6. The molecule has 4 nitrogen and oxygen atoms in total. The van der Waals surface area contributed by atoms with Crippen LogP contribution in [0.2, 0.25) is 0 Å². The van der Waals surface area contributed by atoms with Gasteiger partial charge in [0, 0.05) is 22.6 Å². The number of aromatic nitrogens is 1. The van der Waals surface area contributed by atoms with Crippen molar-refractivity contribution in [3.63, 3.8) is 0 Å². The Balaban J connectivity index is 2.15. The van der Waals surface area contributed by atoms with Gasteiger partial charge in [0.05, 0.1) is 21.7 Å². The topological polar surface area (TPSA) is 59.1 Å². The summed E-state index contributed by atoms with van der Waals surface area (Å²) in [6.45, 7) is 5.54. The van der Waals surface area contributed by atoms with Gasteiger partial charge in [0.2, 0.25) is 0 Å². The fourth-order valence-corrected chi connectivity index (χ4v) is 3.24. The van der Waals surface area contributed by atoms with Crippen LogP contribution in [0.25, 0.3) is 10.9 Å². The number of benzene rings is 1. The molecule has 2 aromatic rings. The minimum Gasteiger partial charge on any atom is -0.382 e. The van der Waals surface area contributed by atoms with E-state index < -0.39 is 14.6 Å². The molecule has 114 valence electrons. The number of rotatable bonds is 4. The predicted octanol–water partition coefficient (Wildman–Crippen LogP) is 3.62. The van der Waals surface area contributed by atoms with E-state index in [9.17, 15) is 8.42 Å². The van der Waals surface area contributed by atoms with Crippen LogP contribution in [0.1, 0.15) is 20.8 Å². The highest BCUT2D eigenvalue weighted by molar-refractivity contribution is 9.10. The van der Waals surface area contributed by atoms with Gasteiger partial charge in [0.25, 0.3) is 0 Å². The van der Waals surface area contributed by atoms with Gasteiger partial charge in [-0.25, -0.2) is 8.42 Å². The monoisotopic (exact) mass is 370 g/mol. The third-order valence-corrected chi connectivity index (χ3v) is 6.34. The summed E-state index contributed by atoms with van der Waals surface area (Å²) in [5.41, 5.74) is 1.69. The Kier molecular flexibility index (Phi) is 4.58. The minimum atomic E-state index is -3.12. The number of nitrogens with one attached hydrogen (secondary N) is 1. The summed E-state index contributed by atoms with van der Waals surface area (Å²) in [4.78, 5) is 4.39. The lowest BCUT2D eigenvalue weighted by atomic mass is 10.2. The van der Waals surface area contributed by atoms with Crippen LogP contribution in [0.15, 0.2) is 34.9 Å². The van der Waals surface area contributed by atoms with E-state index in [2.05, 4.69) is 26.2 Å². The number of para-hydroxylation sites is 1. The van der Waals surface area contributed by atoms with Crippen molar-refractivity contribution in [1.82, 2.24) is 4.98 Å². The molecule has 0 aliphatic carbocycles. The first-order valence-corrected chi connectivity index (χ1v) is 9.16. The predicted molar refractivity (Wildman–Crippen MR) is 91.5 cm³/mol. The van der Waals surface area contributed by atoms with Gasteiger partial charge in [-0.05, 0) is 48.8 Å². The van der Waals surface area contributed by atoms with Crippen LogP contribution in [0.5, 0.6) is 0 Å². The second-order valence-electron chi connectivity index (χ2n) is 5.89. The van der Waals surface area contributed by atoms with Crippen molar-refractivity contribution in [1.29, 1.82) is 0 Å². The second-order valence-corrected chi connectivity index (χ2v) is 9.67. The summed E-state index contributed by atoms with van der Waals surface area (Å²) in [5, 5.41) is 4.19. The number of pyridine rings is 1. The molecule has 0 radical (unpaired) electrons. The second kappa shape index (κ2) is 5.93. The molecular formula is C15H19BrN2O2S. The van der Waals surface area contributed by atoms with Crippen molar-refractivity contribution in [3.8, 4) is 0 Å². The lowest BCUT2D eigenvalue weighted by Gasteiger charge is -2.19. The molecule has 0 amide bonds. The van der Waals surface area contributed by atoms with Crippen LogP contribution in [-0.4, -0.2) is 30.4 Å². The molecule has 0 bridgehead atoms. The fourth-order valence-electron chi connectivity index (χ4n) is 1.90. The van der Waals surface area contributed by atoms with E-state index in [-0.39, 0.29) is 5.75 Å². The first kappa shape index (κ1) is 16.2. The SMILES string of the molecule is CC(C)(C)S(=O)(=O)CCNc1cccc2cc(Br)cnc12. The molecule has 2 rings (SSSR count). The average Bonchev–Trinajstić information content (AvgIpc) is 2.37. The lowest BCUT2D eigenvalue weighted by Crippen LogP contribution is -2.32. The number of sulfone groups is 1. The standard InChI is InChI=1S/C15H19BrN2O2S/c1-15(2,3)21(19,20)8-7-17-13-6-4-5-11-9-12(16)10-18-14(11)13/h4-6,9-10,17H,7-8H2,1-3H3. The van der Waals surface area contributed by atoms with Crippen LogP contribution >= 0.6 is 15.9 Å². The highest BCUT2D eigenvalue weighted by Crippen LogP contribution is 2.24. The van der Waals surface area contributed by atoms with Gasteiger partial charge in [-0.15, -0.1) is 0 Å². The lowest BCUT2D eigenvalue weighted by molar-refractivity contribution is 0.560. The molecule has 0 fully saturated rings. The summed E-state index contributed by atoms with van der Waals surface area (Å²) in [7, 11) is -3.12. The summed E-state index contributed by atoms with van der Waals surface area (Å²) in [5.74, 6) is 0.101. The number of fused-ring (bicyclic) bond motifs is 1. The Hall–Kier alpha value is -1.14. The summed E-state index contributed by atoms with van der Waals surface area (Å²) >= 11 is 3.40. The van der Waals surface area contributed by atoms with Gasteiger partial charge < -0.3 is 5.32 Å². The maximum absolute atomic E-state index is 12.1. The van der Waals surface area contributed by atoms with Crippen molar-refractivity contribution in [3.05, 3.63) is 34.9 Å². The van der Waals surface area contributed by atoms with Gasteiger partial charge in [-0.2, -0.15) is 0 Å². The molecule has 1 heterocycles. The third-order valence-electron chi connectivity index (χ3n) is 3.30. The Morgan fingerprint density at radius 3 is 2.67 bits per heavy atom. The van der Waals surface area contributed by atoms with Crippen molar-refractivity contribution < 1.29 is 8.42 Å². The Morgan fingerprint density at radius 2 is 2.00 bits per heavy atom. The smallest absolute Gasteiger partial charge is 0.156 e. The Bertz CT molecular complexity index is 752. The van der Waals surface area contributed by atoms with E-state index in [1.54, 1.807) is 27.0 Å². The van der Waals surface area contributed by atoms with Gasteiger partial charge in [0.15, 0.2) is 9.84 Å². The molecule has 0 saturated carbocycles. The summed E-state index contributed by atoms with van der Waals surface area (Å²) < 4.78 is 24.4. The highest BCUT2D eigenvalue weighted by Gasteiger charge is 2.28. The van der Waals surface area contributed by atoms with Crippen LogP contribution in [0.3, 0.4) is 0 Å². The largest absolute Gasteiger partial charge is 0.382 e. The maximum Gasteiger partial charge on any atom is 0.156 e. The molecule has 0 atom stereocenters. The third kappa shape index (κ3) is 3.74. The van der Waals surface area contributed by atoms with Crippen LogP contribution in [0.4, 0.5) is 5.69 Å². The van der Waals surface area contributed by atoms with E-state index in [4.69, 9.17) is 0 Å². The molecule has 21 heavy (non-hydrogen) atoms. The van der Waals surface area contributed by atoms with E-state index in [1.807, 2.05) is 24.3 Å². The van der Waals surface area contributed by atoms with Crippen molar-refractivity contribution in [2.24, 2.45) is 0 Å². The molecule has 1 aromatic heterocycles. The van der Waals surface area contributed by atoms with E-state index in [1.165, 1.54) is 0 Å². The van der Waals surface area contributed by atoms with E-state index in [0.29, 0.717) is 6.54 Å². The number of anilines is 1. The van der Waals surface area contributed by atoms with E-state index in [0.717, 1.165) is 21.1 Å². The fraction of sp³-hybridized carbons (Fsp3) is 0.400. The molecular weight excluding hydrogens is 352 g/mol. The molecule has 0 aliphatic rings. The molecule has 0 unspecified atom stereocenters. The Morgan fingerprint density at radius 1 is 1.29 bits per heavy atom. The average molecular weight is 371 g/mol. The molecule has 1 N–H and O–H groups in total. The number of hydrogen-bond acceptors (Lipinski definition) is 4. The zero-order chi connectivity index (χ0) is 15.7. The van der Waals surface area contributed by atoms with Gasteiger partial charge in [-0.3, -0.25) is 4.98 Å². The van der Waals surface area contributed by atoms with Gasteiger partial charge in [-0.1, -0.05) is 12.1 Å². The summed E-state index contributed by atoms with van der Waals surface area (Å²) in [6, 6.07) is 7.80. The number of nitrogens with zero attached hydrogens (tertiary/aromatic N) is 1. The quantitative estimate of drug-likeness (QED) is 0.892.